The second-order valence-corrected chi connectivity index (χ2v) is 6.80. The summed E-state index contributed by atoms with van der Waals surface area (Å²) in [5.41, 5.74) is 1.81. The molecule has 3 rings (SSSR count). The van der Waals surface area contributed by atoms with Gasteiger partial charge in [0, 0.05) is 5.56 Å². The molecule has 1 aromatic heterocycles. The van der Waals surface area contributed by atoms with E-state index in [0.717, 1.165) is 24.5 Å². The molecular weight excluding hydrogens is 330 g/mol. The molecule has 1 fully saturated rings. The van der Waals surface area contributed by atoms with E-state index in [1.165, 1.54) is 0 Å². The number of hydrogen-bond donors (Lipinski definition) is 0. The van der Waals surface area contributed by atoms with E-state index < -0.39 is 17.7 Å². The summed E-state index contributed by atoms with van der Waals surface area (Å²) in [5, 5.41) is 0. The lowest BCUT2D eigenvalue weighted by Gasteiger charge is -2.29. The Bertz CT molecular complexity index is 752. The summed E-state index contributed by atoms with van der Waals surface area (Å²) in [6.45, 7) is 2.05. The van der Waals surface area contributed by atoms with Gasteiger partial charge in [-0.15, -0.1) is 0 Å². The molecule has 1 aromatic carbocycles. The van der Waals surface area contributed by atoms with Crippen molar-refractivity contribution in [1.82, 2.24) is 4.98 Å². The van der Waals surface area contributed by atoms with Crippen LogP contribution in [0.3, 0.4) is 0 Å². The van der Waals surface area contributed by atoms with Gasteiger partial charge in [0.15, 0.2) is 5.82 Å². The fraction of sp³-hybridized carbons (Fsp3) is 0.450. The minimum absolute atomic E-state index is 0.0771. The Labute approximate surface area is 145 Å². The Hall–Kier alpha value is -1.91. The normalized spacial score (nSPS) is 20.7. The average Bonchev–Trinajstić information content (AvgIpc) is 2.59. The van der Waals surface area contributed by atoms with Gasteiger partial charge in [0.25, 0.3) is 5.95 Å². The van der Waals surface area contributed by atoms with Crippen molar-refractivity contribution in [3.8, 4) is 0 Å². The second-order valence-electron chi connectivity index (χ2n) is 6.80. The van der Waals surface area contributed by atoms with Crippen molar-refractivity contribution in [3.63, 3.8) is 0 Å². The van der Waals surface area contributed by atoms with Gasteiger partial charge in [0.05, 0.1) is 0 Å². The molecule has 1 saturated carbocycles. The van der Waals surface area contributed by atoms with E-state index in [0.29, 0.717) is 31.2 Å². The van der Waals surface area contributed by atoms with Crippen molar-refractivity contribution in [2.24, 2.45) is 0 Å². The monoisotopic (exact) mass is 351 g/mol. The maximum absolute atomic E-state index is 14.4. The molecule has 0 atom stereocenters. The second kappa shape index (κ2) is 7.54. The average molecular weight is 351 g/mol. The van der Waals surface area contributed by atoms with Crippen LogP contribution in [0.1, 0.15) is 67.6 Å². The third-order valence-corrected chi connectivity index (χ3v) is 5.12. The maximum Gasteiger partial charge on any atom is 0.251 e. The number of halogens is 4. The van der Waals surface area contributed by atoms with Crippen LogP contribution in [0.4, 0.5) is 17.6 Å². The Morgan fingerprint density at radius 1 is 0.840 bits per heavy atom. The van der Waals surface area contributed by atoms with Crippen molar-refractivity contribution < 1.29 is 17.6 Å². The molecule has 0 amide bonds. The first-order chi connectivity index (χ1) is 12.0. The summed E-state index contributed by atoms with van der Waals surface area (Å²) in [7, 11) is 0. The van der Waals surface area contributed by atoms with E-state index in [-0.39, 0.29) is 23.2 Å². The van der Waals surface area contributed by atoms with Gasteiger partial charge in [0.1, 0.15) is 5.82 Å². The van der Waals surface area contributed by atoms with Crippen LogP contribution in [0.15, 0.2) is 24.3 Å². The lowest BCUT2D eigenvalue weighted by Crippen LogP contribution is -2.15. The summed E-state index contributed by atoms with van der Waals surface area (Å²) in [5.74, 6) is -3.80. The van der Waals surface area contributed by atoms with Crippen molar-refractivity contribution in [1.29, 1.82) is 0 Å². The van der Waals surface area contributed by atoms with Gasteiger partial charge in [0.2, 0.25) is 5.95 Å². The van der Waals surface area contributed by atoms with Crippen LogP contribution in [0.2, 0.25) is 0 Å². The SMILES string of the molecule is CCCc1ccc([C@H]2CC[C@H](c3cc(F)c(F)nc3F)CC2)c(F)c1. The van der Waals surface area contributed by atoms with Crippen LogP contribution in [-0.4, -0.2) is 4.98 Å². The summed E-state index contributed by atoms with van der Waals surface area (Å²) in [4.78, 5) is 3.00. The number of nitrogens with zero attached hydrogens (tertiary/aromatic N) is 1. The van der Waals surface area contributed by atoms with E-state index in [4.69, 9.17) is 0 Å². The number of hydrogen-bond acceptors (Lipinski definition) is 1. The van der Waals surface area contributed by atoms with E-state index in [1.54, 1.807) is 6.07 Å². The Morgan fingerprint density at radius 3 is 2.08 bits per heavy atom. The molecule has 2 aromatic rings. The highest BCUT2D eigenvalue weighted by atomic mass is 19.2. The molecule has 1 heterocycles. The zero-order valence-corrected chi connectivity index (χ0v) is 14.2. The molecule has 0 aliphatic heterocycles. The van der Waals surface area contributed by atoms with Gasteiger partial charge < -0.3 is 0 Å². The highest BCUT2D eigenvalue weighted by Crippen LogP contribution is 2.41. The highest BCUT2D eigenvalue weighted by molar-refractivity contribution is 5.28. The van der Waals surface area contributed by atoms with Gasteiger partial charge in [-0.2, -0.15) is 13.8 Å². The fourth-order valence-electron chi connectivity index (χ4n) is 3.81. The molecule has 0 saturated heterocycles. The van der Waals surface area contributed by atoms with Crippen LogP contribution in [0, 0.1) is 23.5 Å². The molecule has 1 aliphatic rings. The van der Waals surface area contributed by atoms with Crippen LogP contribution >= 0.6 is 0 Å². The van der Waals surface area contributed by atoms with Gasteiger partial charge in [-0.25, -0.2) is 8.78 Å². The van der Waals surface area contributed by atoms with Crippen LogP contribution < -0.4 is 0 Å². The predicted molar refractivity (Wildman–Crippen MR) is 88.5 cm³/mol. The number of pyridine rings is 1. The van der Waals surface area contributed by atoms with Crippen LogP contribution in [0.5, 0.6) is 0 Å². The molecule has 0 bridgehead atoms. The first-order valence-electron chi connectivity index (χ1n) is 8.79. The third kappa shape index (κ3) is 3.86. The van der Waals surface area contributed by atoms with Crippen molar-refractivity contribution >= 4 is 0 Å². The molecule has 1 aliphatic carbocycles. The summed E-state index contributed by atoms with van der Waals surface area (Å²) >= 11 is 0. The minimum Gasteiger partial charge on any atom is -0.207 e. The molecule has 0 N–H and O–H groups in total. The van der Waals surface area contributed by atoms with E-state index in [9.17, 15) is 17.6 Å². The summed E-state index contributed by atoms with van der Waals surface area (Å²) in [6, 6.07) is 6.32. The lowest BCUT2D eigenvalue weighted by molar-refractivity contribution is 0.368. The van der Waals surface area contributed by atoms with Crippen molar-refractivity contribution in [3.05, 3.63) is 64.5 Å². The quantitative estimate of drug-likeness (QED) is 0.484. The third-order valence-electron chi connectivity index (χ3n) is 5.12. The Morgan fingerprint density at radius 2 is 1.48 bits per heavy atom. The Kier molecular flexibility index (Phi) is 5.40. The summed E-state index contributed by atoms with van der Waals surface area (Å²) < 4.78 is 54.5. The standard InChI is InChI=1S/C20H21F4N/c1-2-3-12-4-9-15(17(21)10-12)13-5-7-14(8-6-13)16-11-18(22)20(24)25-19(16)23/h4,9-11,13-14H,2-3,5-8H2,1H3/t13-,14-. The van der Waals surface area contributed by atoms with Crippen LogP contribution in [-0.2, 0) is 6.42 Å². The van der Waals surface area contributed by atoms with E-state index in [2.05, 4.69) is 11.9 Å². The summed E-state index contributed by atoms with van der Waals surface area (Å²) in [6.07, 6.45) is 4.40. The largest absolute Gasteiger partial charge is 0.251 e. The molecule has 1 nitrogen and oxygen atoms in total. The number of rotatable bonds is 4. The fourth-order valence-corrected chi connectivity index (χ4v) is 3.81. The molecule has 5 heteroatoms. The minimum atomic E-state index is -1.41. The topological polar surface area (TPSA) is 12.9 Å². The predicted octanol–water partition coefficient (Wildman–Crippen LogP) is 6.03. The molecule has 25 heavy (non-hydrogen) atoms. The first-order valence-corrected chi connectivity index (χ1v) is 8.79. The zero-order chi connectivity index (χ0) is 18.0. The molecule has 0 spiro atoms. The van der Waals surface area contributed by atoms with Gasteiger partial charge >= 0.3 is 0 Å². The molecule has 0 radical (unpaired) electrons. The molecule has 0 unspecified atom stereocenters. The first kappa shape index (κ1) is 17.9. The van der Waals surface area contributed by atoms with Gasteiger partial charge in [-0.05, 0) is 67.2 Å². The van der Waals surface area contributed by atoms with Gasteiger partial charge in [-0.1, -0.05) is 25.5 Å². The molecular formula is C20H21F4N. The number of aryl methyl sites for hydroxylation is 1. The maximum atomic E-state index is 14.4. The smallest absolute Gasteiger partial charge is 0.207 e. The van der Waals surface area contributed by atoms with Crippen molar-refractivity contribution in [2.75, 3.05) is 0 Å². The van der Waals surface area contributed by atoms with Crippen molar-refractivity contribution in [2.45, 2.75) is 57.3 Å². The van der Waals surface area contributed by atoms with E-state index in [1.807, 2.05) is 12.1 Å². The highest BCUT2D eigenvalue weighted by Gasteiger charge is 2.28. The number of aromatic nitrogens is 1. The van der Waals surface area contributed by atoms with E-state index >= 15 is 0 Å². The van der Waals surface area contributed by atoms with Gasteiger partial charge in [-0.3, -0.25) is 0 Å². The zero-order valence-electron chi connectivity index (χ0n) is 14.2. The Balaban J connectivity index is 1.71. The lowest BCUT2D eigenvalue weighted by atomic mass is 9.76. The number of benzene rings is 1. The van der Waals surface area contributed by atoms with Crippen LogP contribution in [0.25, 0.3) is 0 Å². The molecule has 134 valence electrons.